The molecule has 136 valence electrons. The van der Waals surface area contributed by atoms with Crippen molar-refractivity contribution in [3.8, 4) is 11.5 Å². The first-order valence-corrected chi connectivity index (χ1v) is 8.23. The first-order chi connectivity index (χ1) is 11.4. The number of hydrogen-bond acceptors (Lipinski definition) is 4. The lowest BCUT2D eigenvalue weighted by molar-refractivity contribution is -0.148. The number of benzene rings is 1. The van der Waals surface area contributed by atoms with Crippen LogP contribution in [0.5, 0.6) is 11.5 Å². The first-order valence-electron chi connectivity index (χ1n) is 8.23. The van der Waals surface area contributed by atoms with Gasteiger partial charge in [0, 0.05) is 12.6 Å². The molecule has 0 spiro atoms. The lowest BCUT2D eigenvalue weighted by Crippen LogP contribution is -2.45. The first kappa shape index (κ1) is 18.9. The Kier molecular flexibility index (Phi) is 6.74. The zero-order valence-electron chi connectivity index (χ0n) is 14.2. The summed E-state index contributed by atoms with van der Waals surface area (Å²) in [6, 6.07) is 6.02. The maximum atomic E-state index is 12.4. The van der Waals surface area contributed by atoms with Gasteiger partial charge in [0.15, 0.2) is 11.5 Å². The molecule has 4 nitrogen and oxygen atoms in total. The van der Waals surface area contributed by atoms with Crippen LogP contribution in [0.15, 0.2) is 18.2 Å². The Morgan fingerprint density at radius 2 is 1.92 bits per heavy atom. The fourth-order valence-electron chi connectivity index (χ4n) is 2.91. The minimum Gasteiger partial charge on any atom is -0.493 e. The molecular formula is C17H25F3N2O2. The Labute approximate surface area is 140 Å². The highest BCUT2D eigenvalue weighted by Crippen LogP contribution is 2.28. The van der Waals surface area contributed by atoms with E-state index in [9.17, 15) is 13.2 Å². The van der Waals surface area contributed by atoms with Crippen LogP contribution < -0.4 is 14.8 Å². The van der Waals surface area contributed by atoms with Crippen molar-refractivity contribution in [3.05, 3.63) is 23.8 Å². The Morgan fingerprint density at radius 3 is 2.50 bits per heavy atom. The Hall–Kier alpha value is -1.47. The maximum Gasteiger partial charge on any atom is 0.401 e. The number of likely N-dealkylation sites (tertiary alicyclic amines) is 1. The van der Waals surface area contributed by atoms with Gasteiger partial charge in [0.25, 0.3) is 0 Å². The predicted octanol–water partition coefficient (Wildman–Crippen LogP) is 3.21. The molecule has 0 unspecified atom stereocenters. The number of methoxy groups -OCH3 is 1. The number of hydrogen-bond donors (Lipinski definition) is 1. The van der Waals surface area contributed by atoms with Crippen molar-refractivity contribution in [2.75, 3.05) is 33.4 Å². The molecule has 0 amide bonds. The highest BCUT2D eigenvalue weighted by atomic mass is 19.4. The second-order valence-electron chi connectivity index (χ2n) is 5.96. The molecule has 1 N–H and O–H groups in total. The van der Waals surface area contributed by atoms with Crippen LogP contribution in [0.3, 0.4) is 0 Å². The van der Waals surface area contributed by atoms with Crippen LogP contribution in [0.2, 0.25) is 0 Å². The summed E-state index contributed by atoms with van der Waals surface area (Å²) in [7, 11) is 1.60. The van der Waals surface area contributed by atoms with E-state index in [1.54, 1.807) is 7.11 Å². The molecule has 0 atom stereocenters. The minimum atomic E-state index is -4.11. The Bertz CT molecular complexity index is 515. The van der Waals surface area contributed by atoms with Crippen molar-refractivity contribution in [2.24, 2.45) is 0 Å². The third kappa shape index (κ3) is 5.87. The van der Waals surface area contributed by atoms with Gasteiger partial charge in [-0.05, 0) is 50.6 Å². The number of alkyl halides is 3. The second kappa shape index (κ2) is 8.58. The zero-order chi connectivity index (χ0) is 17.6. The van der Waals surface area contributed by atoms with Crippen molar-refractivity contribution >= 4 is 0 Å². The summed E-state index contributed by atoms with van der Waals surface area (Å²) in [5, 5.41) is 3.42. The lowest BCUT2D eigenvalue weighted by atomic mass is 10.0. The molecular weight excluding hydrogens is 321 g/mol. The number of halogens is 3. The van der Waals surface area contributed by atoms with Crippen LogP contribution in [0, 0.1) is 0 Å². The number of nitrogens with one attached hydrogen (secondary N) is 1. The van der Waals surface area contributed by atoms with Gasteiger partial charge in [0.2, 0.25) is 0 Å². The average Bonchev–Trinajstić information content (AvgIpc) is 2.53. The maximum absolute atomic E-state index is 12.4. The molecule has 0 saturated carbocycles. The second-order valence-corrected chi connectivity index (χ2v) is 5.96. The van der Waals surface area contributed by atoms with Crippen LogP contribution >= 0.6 is 0 Å². The molecule has 1 aliphatic rings. The molecule has 7 heteroatoms. The summed E-state index contributed by atoms with van der Waals surface area (Å²) in [5.41, 5.74) is 1.07. The van der Waals surface area contributed by atoms with Gasteiger partial charge < -0.3 is 14.8 Å². The van der Waals surface area contributed by atoms with Gasteiger partial charge in [0.05, 0.1) is 20.3 Å². The number of ether oxygens (including phenoxy) is 2. The third-order valence-corrected chi connectivity index (χ3v) is 4.11. The molecule has 0 aromatic heterocycles. The minimum absolute atomic E-state index is 0.243. The topological polar surface area (TPSA) is 33.7 Å². The van der Waals surface area contributed by atoms with E-state index in [1.807, 2.05) is 25.1 Å². The molecule has 1 aromatic rings. The van der Waals surface area contributed by atoms with Crippen LogP contribution in [0.1, 0.15) is 25.3 Å². The molecule has 1 aliphatic heterocycles. The number of nitrogens with zero attached hydrogens (tertiary/aromatic N) is 1. The summed E-state index contributed by atoms with van der Waals surface area (Å²) in [6.45, 7) is 3.28. The number of piperidine rings is 1. The van der Waals surface area contributed by atoms with Crippen molar-refractivity contribution in [1.82, 2.24) is 10.2 Å². The molecule has 1 fully saturated rings. The van der Waals surface area contributed by atoms with E-state index < -0.39 is 12.7 Å². The Balaban J connectivity index is 1.81. The van der Waals surface area contributed by atoms with Gasteiger partial charge in [-0.2, -0.15) is 13.2 Å². The molecule has 1 heterocycles. The average molecular weight is 346 g/mol. The molecule has 1 aromatic carbocycles. The number of rotatable bonds is 7. The quantitative estimate of drug-likeness (QED) is 0.822. The summed E-state index contributed by atoms with van der Waals surface area (Å²) >= 11 is 0. The lowest BCUT2D eigenvalue weighted by Gasteiger charge is -2.32. The largest absolute Gasteiger partial charge is 0.493 e. The van der Waals surface area contributed by atoms with E-state index in [0.717, 1.165) is 18.4 Å². The summed E-state index contributed by atoms with van der Waals surface area (Å²) in [5.74, 6) is 1.40. The van der Waals surface area contributed by atoms with Gasteiger partial charge in [-0.15, -0.1) is 0 Å². The van der Waals surface area contributed by atoms with E-state index in [4.69, 9.17) is 9.47 Å². The van der Waals surface area contributed by atoms with Gasteiger partial charge in [-0.3, -0.25) is 4.90 Å². The van der Waals surface area contributed by atoms with Crippen molar-refractivity contribution < 1.29 is 22.6 Å². The fraction of sp³-hybridized carbons (Fsp3) is 0.647. The Morgan fingerprint density at radius 1 is 1.21 bits per heavy atom. The molecule has 0 aliphatic carbocycles. The van der Waals surface area contributed by atoms with Crippen molar-refractivity contribution in [2.45, 2.75) is 38.5 Å². The third-order valence-electron chi connectivity index (χ3n) is 4.11. The highest BCUT2D eigenvalue weighted by molar-refractivity contribution is 5.42. The summed E-state index contributed by atoms with van der Waals surface area (Å²) in [4.78, 5) is 1.47. The molecule has 1 saturated heterocycles. The molecule has 0 bridgehead atoms. The highest BCUT2D eigenvalue weighted by Gasteiger charge is 2.32. The van der Waals surface area contributed by atoms with Gasteiger partial charge in [-0.1, -0.05) is 6.07 Å². The predicted molar refractivity (Wildman–Crippen MR) is 86.5 cm³/mol. The van der Waals surface area contributed by atoms with Gasteiger partial charge in [0.1, 0.15) is 0 Å². The smallest absolute Gasteiger partial charge is 0.401 e. The summed E-state index contributed by atoms with van der Waals surface area (Å²) in [6.07, 6.45) is -2.66. The van der Waals surface area contributed by atoms with E-state index >= 15 is 0 Å². The standard InChI is InChI=1S/C17H25F3N2O2/c1-3-24-16-10-13(4-5-15(16)23-2)11-21-14-6-8-22(9-7-14)12-17(18,19)20/h4-5,10,14,21H,3,6-9,11-12H2,1-2H3. The molecule has 0 radical (unpaired) electrons. The van der Waals surface area contributed by atoms with Crippen molar-refractivity contribution in [3.63, 3.8) is 0 Å². The zero-order valence-corrected chi connectivity index (χ0v) is 14.2. The van der Waals surface area contributed by atoms with Crippen LogP contribution in [-0.2, 0) is 6.54 Å². The van der Waals surface area contributed by atoms with Gasteiger partial charge in [-0.25, -0.2) is 0 Å². The van der Waals surface area contributed by atoms with Crippen molar-refractivity contribution in [1.29, 1.82) is 0 Å². The molecule has 2 rings (SSSR count). The van der Waals surface area contributed by atoms with Crippen LogP contribution in [0.4, 0.5) is 13.2 Å². The molecule has 24 heavy (non-hydrogen) atoms. The fourth-order valence-corrected chi connectivity index (χ4v) is 2.91. The van der Waals surface area contributed by atoms with E-state index in [-0.39, 0.29) is 6.04 Å². The van der Waals surface area contributed by atoms with E-state index in [0.29, 0.717) is 37.7 Å². The SMILES string of the molecule is CCOc1cc(CNC2CCN(CC(F)(F)F)CC2)ccc1OC. The normalized spacial score (nSPS) is 17.0. The van der Waals surface area contributed by atoms with E-state index in [1.165, 1.54) is 4.90 Å². The van der Waals surface area contributed by atoms with Crippen LogP contribution in [0.25, 0.3) is 0 Å². The van der Waals surface area contributed by atoms with Crippen LogP contribution in [-0.4, -0.2) is 50.5 Å². The van der Waals surface area contributed by atoms with Gasteiger partial charge >= 0.3 is 6.18 Å². The monoisotopic (exact) mass is 346 g/mol. The summed E-state index contributed by atoms with van der Waals surface area (Å²) < 4.78 is 48.0. The van der Waals surface area contributed by atoms with E-state index in [2.05, 4.69) is 5.32 Å².